The van der Waals surface area contributed by atoms with E-state index in [-0.39, 0.29) is 17.6 Å². The molecule has 0 atom stereocenters. The molecule has 2 N–H and O–H groups in total. The van der Waals surface area contributed by atoms with Crippen molar-refractivity contribution < 1.29 is 14.0 Å². The quantitative estimate of drug-likeness (QED) is 0.500. The van der Waals surface area contributed by atoms with E-state index in [2.05, 4.69) is 10.6 Å². The molecule has 0 bridgehead atoms. The molecular formula is C25H28N2O3. The molecule has 0 spiro atoms. The third-order valence-electron chi connectivity index (χ3n) is 5.81. The van der Waals surface area contributed by atoms with Crippen LogP contribution in [0.4, 0.5) is 5.69 Å². The number of furan rings is 1. The number of benzene rings is 2. The average Bonchev–Trinajstić information content (AvgIpc) is 3.42. The minimum Gasteiger partial charge on any atom is -0.451 e. The van der Waals surface area contributed by atoms with Gasteiger partial charge >= 0.3 is 0 Å². The Morgan fingerprint density at radius 2 is 1.77 bits per heavy atom. The first-order valence-corrected chi connectivity index (χ1v) is 10.8. The standard InChI is InChI=1S/C25H28N2O3/c28-24(26-15-5-8-18-6-1-2-7-18)16-19-11-13-21(14-12-19)27-25(29)23-17-20-9-3-4-10-22(20)30-23/h3-4,9-14,17-18H,1-2,5-8,15-16H2,(H,26,28)(H,27,29). The van der Waals surface area contributed by atoms with Crippen LogP contribution in [0.5, 0.6) is 0 Å². The van der Waals surface area contributed by atoms with Gasteiger partial charge in [0.2, 0.25) is 5.91 Å². The number of carbonyl (C=O) groups excluding carboxylic acids is 2. The molecule has 1 saturated carbocycles. The molecule has 1 aliphatic carbocycles. The van der Waals surface area contributed by atoms with Crippen LogP contribution in [0, 0.1) is 5.92 Å². The molecular weight excluding hydrogens is 376 g/mol. The summed E-state index contributed by atoms with van der Waals surface area (Å²) >= 11 is 0. The molecule has 2 amide bonds. The fourth-order valence-corrected chi connectivity index (χ4v) is 4.16. The van der Waals surface area contributed by atoms with Crippen LogP contribution in [0.15, 0.2) is 59.0 Å². The minimum absolute atomic E-state index is 0.0421. The van der Waals surface area contributed by atoms with E-state index in [9.17, 15) is 9.59 Å². The first-order valence-electron chi connectivity index (χ1n) is 10.8. The predicted octanol–water partition coefficient (Wildman–Crippen LogP) is 5.31. The zero-order chi connectivity index (χ0) is 20.8. The highest BCUT2D eigenvalue weighted by molar-refractivity contribution is 6.04. The van der Waals surface area contributed by atoms with Crippen molar-refractivity contribution in [3.05, 3.63) is 65.9 Å². The second-order valence-electron chi connectivity index (χ2n) is 8.12. The summed E-state index contributed by atoms with van der Waals surface area (Å²) in [6.45, 7) is 0.751. The molecule has 156 valence electrons. The zero-order valence-electron chi connectivity index (χ0n) is 17.2. The molecule has 0 saturated heterocycles. The van der Waals surface area contributed by atoms with Gasteiger partial charge in [0.1, 0.15) is 5.58 Å². The Balaban J connectivity index is 1.23. The minimum atomic E-state index is -0.293. The van der Waals surface area contributed by atoms with E-state index < -0.39 is 0 Å². The summed E-state index contributed by atoms with van der Waals surface area (Å²) in [6.07, 6.45) is 8.07. The highest BCUT2D eigenvalue weighted by Crippen LogP contribution is 2.28. The lowest BCUT2D eigenvalue weighted by atomic mass is 10.0. The Kier molecular flexibility index (Phi) is 6.47. The van der Waals surface area contributed by atoms with Crippen molar-refractivity contribution in [1.29, 1.82) is 0 Å². The van der Waals surface area contributed by atoms with Gasteiger partial charge in [-0.25, -0.2) is 0 Å². The van der Waals surface area contributed by atoms with Gasteiger partial charge in [-0.1, -0.05) is 56.0 Å². The molecule has 3 aromatic rings. The lowest BCUT2D eigenvalue weighted by molar-refractivity contribution is -0.120. The Labute approximate surface area is 176 Å². The first-order chi connectivity index (χ1) is 14.7. The van der Waals surface area contributed by atoms with Crippen LogP contribution < -0.4 is 10.6 Å². The molecule has 5 heteroatoms. The third-order valence-corrected chi connectivity index (χ3v) is 5.81. The Bertz CT molecular complexity index is 968. The summed E-state index contributed by atoms with van der Waals surface area (Å²) < 4.78 is 5.59. The van der Waals surface area contributed by atoms with Gasteiger partial charge in [0.25, 0.3) is 5.91 Å². The fourth-order valence-electron chi connectivity index (χ4n) is 4.16. The molecule has 0 unspecified atom stereocenters. The second kappa shape index (κ2) is 9.61. The second-order valence-corrected chi connectivity index (χ2v) is 8.12. The normalized spacial score (nSPS) is 14.1. The van der Waals surface area contributed by atoms with Gasteiger partial charge in [-0.15, -0.1) is 0 Å². The van der Waals surface area contributed by atoms with Gasteiger partial charge in [0.15, 0.2) is 5.76 Å². The van der Waals surface area contributed by atoms with Crippen molar-refractivity contribution in [3.63, 3.8) is 0 Å². The van der Waals surface area contributed by atoms with E-state index in [1.165, 1.54) is 32.1 Å². The van der Waals surface area contributed by atoms with Crippen molar-refractivity contribution in [1.82, 2.24) is 5.32 Å². The zero-order valence-corrected chi connectivity index (χ0v) is 17.2. The maximum Gasteiger partial charge on any atom is 0.291 e. The van der Waals surface area contributed by atoms with Gasteiger partial charge in [-0.2, -0.15) is 0 Å². The number of rotatable bonds is 8. The largest absolute Gasteiger partial charge is 0.451 e. The first kappa shape index (κ1) is 20.2. The van der Waals surface area contributed by atoms with Crippen LogP contribution in [-0.2, 0) is 11.2 Å². The molecule has 0 aliphatic heterocycles. The molecule has 30 heavy (non-hydrogen) atoms. The number of carbonyl (C=O) groups is 2. The van der Waals surface area contributed by atoms with Crippen LogP contribution in [0.3, 0.4) is 0 Å². The van der Waals surface area contributed by atoms with Crippen LogP contribution in [0.25, 0.3) is 11.0 Å². The molecule has 4 rings (SSSR count). The predicted molar refractivity (Wildman–Crippen MR) is 119 cm³/mol. The van der Waals surface area contributed by atoms with Gasteiger partial charge < -0.3 is 15.1 Å². The Morgan fingerprint density at radius 1 is 1.00 bits per heavy atom. The SMILES string of the molecule is O=C(Cc1ccc(NC(=O)c2cc3ccccc3o2)cc1)NCCCC1CCCC1. The van der Waals surface area contributed by atoms with Crippen molar-refractivity contribution in [2.45, 2.75) is 44.9 Å². The summed E-state index contributed by atoms with van der Waals surface area (Å²) in [6, 6.07) is 16.6. The Morgan fingerprint density at radius 3 is 2.53 bits per heavy atom. The van der Waals surface area contributed by atoms with E-state index in [0.29, 0.717) is 17.7 Å². The number of hydrogen-bond donors (Lipinski definition) is 2. The maximum absolute atomic E-state index is 12.4. The number of anilines is 1. The number of amides is 2. The van der Waals surface area contributed by atoms with E-state index in [4.69, 9.17) is 4.42 Å². The smallest absolute Gasteiger partial charge is 0.291 e. The van der Waals surface area contributed by atoms with Gasteiger partial charge in [0, 0.05) is 17.6 Å². The van der Waals surface area contributed by atoms with E-state index in [1.807, 2.05) is 48.5 Å². The van der Waals surface area contributed by atoms with E-state index >= 15 is 0 Å². The lowest BCUT2D eigenvalue weighted by Gasteiger charge is -2.09. The molecule has 0 radical (unpaired) electrons. The number of fused-ring (bicyclic) bond motifs is 1. The van der Waals surface area contributed by atoms with Crippen molar-refractivity contribution >= 4 is 28.5 Å². The van der Waals surface area contributed by atoms with E-state index in [1.54, 1.807) is 6.07 Å². The summed E-state index contributed by atoms with van der Waals surface area (Å²) in [7, 11) is 0. The van der Waals surface area contributed by atoms with Crippen molar-refractivity contribution in [3.8, 4) is 0 Å². The molecule has 1 fully saturated rings. The topological polar surface area (TPSA) is 71.3 Å². The van der Waals surface area contributed by atoms with Crippen LogP contribution in [0.2, 0.25) is 0 Å². The average molecular weight is 405 g/mol. The Hall–Kier alpha value is -3.08. The van der Waals surface area contributed by atoms with Gasteiger partial charge in [0.05, 0.1) is 6.42 Å². The van der Waals surface area contributed by atoms with Crippen LogP contribution in [-0.4, -0.2) is 18.4 Å². The van der Waals surface area contributed by atoms with Crippen LogP contribution in [0.1, 0.15) is 54.6 Å². The molecule has 5 nitrogen and oxygen atoms in total. The molecule has 1 heterocycles. The van der Waals surface area contributed by atoms with Crippen molar-refractivity contribution in [2.75, 3.05) is 11.9 Å². The fraction of sp³-hybridized carbons (Fsp3) is 0.360. The lowest BCUT2D eigenvalue weighted by Crippen LogP contribution is -2.26. The molecule has 1 aliphatic rings. The monoisotopic (exact) mass is 404 g/mol. The van der Waals surface area contributed by atoms with Crippen LogP contribution >= 0.6 is 0 Å². The highest BCUT2D eigenvalue weighted by atomic mass is 16.3. The van der Waals surface area contributed by atoms with E-state index in [0.717, 1.165) is 29.8 Å². The highest BCUT2D eigenvalue weighted by Gasteiger charge is 2.14. The van der Waals surface area contributed by atoms with Gasteiger partial charge in [-0.3, -0.25) is 9.59 Å². The van der Waals surface area contributed by atoms with Crippen molar-refractivity contribution in [2.24, 2.45) is 5.92 Å². The summed E-state index contributed by atoms with van der Waals surface area (Å²) in [5.74, 6) is 0.890. The number of hydrogen-bond acceptors (Lipinski definition) is 3. The maximum atomic E-state index is 12.4. The summed E-state index contributed by atoms with van der Waals surface area (Å²) in [5.41, 5.74) is 2.28. The van der Waals surface area contributed by atoms with Gasteiger partial charge in [-0.05, 0) is 48.6 Å². The summed E-state index contributed by atoms with van der Waals surface area (Å²) in [4.78, 5) is 24.6. The summed E-state index contributed by atoms with van der Waals surface area (Å²) in [5, 5.41) is 6.75. The molecule has 2 aromatic carbocycles. The third kappa shape index (κ3) is 5.29. The number of para-hydroxylation sites is 1. The molecule has 1 aromatic heterocycles. The number of nitrogens with one attached hydrogen (secondary N) is 2.